The summed E-state index contributed by atoms with van der Waals surface area (Å²) < 4.78 is 37.1. The number of hydrogen-bond acceptors (Lipinski definition) is 5. The van der Waals surface area contributed by atoms with E-state index < -0.39 is 16.0 Å². The van der Waals surface area contributed by atoms with E-state index in [1.807, 2.05) is 0 Å². The van der Waals surface area contributed by atoms with Crippen molar-refractivity contribution in [3.05, 3.63) is 52.5 Å². The van der Waals surface area contributed by atoms with Crippen LogP contribution in [0.1, 0.15) is 15.9 Å². The summed E-state index contributed by atoms with van der Waals surface area (Å²) in [7, 11) is -1.19. The van der Waals surface area contributed by atoms with Crippen molar-refractivity contribution in [1.82, 2.24) is 0 Å². The van der Waals surface area contributed by atoms with E-state index in [1.165, 1.54) is 38.5 Å². The first-order valence-corrected chi connectivity index (χ1v) is 8.70. The Morgan fingerprint density at radius 2 is 1.83 bits per heavy atom. The summed E-state index contributed by atoms with van der Waals surface area (Å²) >= 11 is 5.99. The molecule has 0 unspecified atom stereocenters. The van der Waals surface area contributed by atoms with Gasteiger partial charge >= 0.3 is 5.97 Å². The molecule has 1 N–H and O–H groups in total. The van der Waals surface area contributed by atoms with E-state index in [2.05, 4.69) is 9.46 Å². The van der Waals surface area contributed by atoms with Crippen LogP contribution in [0.5, 0.6) is 5.75 Å². The van der Waals surface area contributed by atoms with Gasteiger partial charge in [-0.25, -0.2) is 13.2 Å². The van der Waals surface area contributed by atoms with Crippen molar-refractivity contribution in [3.8, 4) is 5.75 Å². The van der Waals surface area contributed by atoms with Gasteiger partial charge in [-0.1, -0.05) is 17.7 Å². The van der Waals surface area contributed by atoms with Crippen LogP contribution in [0.4, 0.5) is 5.69 Å². The van der Waals surface area contributed by atoms with Gasteiger partial charge in [-0.2, -0.15) is 0 Å². The van der Waals surface area contributed by atoms with Gasteiger partial charge < -0.3 is 9.47 Å². The number of anilines is 1. The van der Waals surface area contributed by atoms with E-state index in [9.17, 15) is 13.2 Å². The molecule has 0 spiro atoms. The number of rotatable bonds is 5. The van der Waals surface area contributed by atoms with Gasteiger partial charge in [0.15, 0.2) is 0 Å². The molecular weight excluding hydrogens is 354 g/mol. The zero-order valence-electron chi connectivity index (χ0n) is 13.3. The molecular formula is C16H16ClNO5S. The maximum Gasteiger partial charge on any atom is 0.338 e. The topological polar surface area (TPSA) is 81.7 Å². The molecule has 0 aliphatic rings. The predicted octanol–water partition coefficient (Wildman–Crippen LogP) is 3.24. The van der Waals surface area contributed by atoms with E-state index >= 15 is 0 Å². The second-order valence-electron chi connectivity index (χ2n) is 4.92. The molecule has 0 fully saturated rings. The van der Waals surface area contributed by atoms with Crippen LogP contribution in [0.2, 0.25) is 5.02 Å². The number of carbonyl (C=O) groups excluding carboxylic acids is 1. The van der Waals surface area contributed by atoms with Crippen molar-refractivity contribution >= 4 is 33.3 Å². The Hall–Kier alpha value is -2.25. The lowest BCUT2D eigenvalue weighted by molar-refractivity contribution is 0.0599. The highest BCUT2D eigenvalue weighted by Crippen LogP contribution is 2.28. The third kappa shape index (κ3) is 3.80. The molecule has 0 atom stereocenters. The molecule has 0 saturated carbocycles. The summed E-state index contributed by atoms with van der Waals surface area (Å²) in [5.41, 5.74) is 1.09. The van der Waals surface area contributed by atoms with Gasteiger partial charge in [-0.05, 0) is 42.8 Å². The number of carbonyl (C=O) groups is 1. The van der Waals surface area contributed by atoms with Gasteiger partial charge in [0.1, 0.15) is 5.75 Å². The zero-order valence-corrected chi connectivity index (χ0v) is 14.9. The molecule has 0 saturated heterocycles. The fraction of sp³-hybridized carbons (Fsp3) is 0.188. The molecule has 8 heteroatoms. The molecule has 0 heterocycles. The van der Waals surface area contributed by atoms with Crippen molar-refractivity contribution in [2.45, 2.75) is 11.8 Å². The van der Waals surface area contributed by atoms with Gasteiger partial charge in [0.2, 0.25) is 0 Å². The van der Waals surface area contributed by atoms with Crippen LogP contribution in [-0.2, 0) is 14.8 Å². The molecule has 2 aromatic rings. The first-order valence-electron chi connectivity index (χ1n) is 6.84. The number of esters is 1. The maximum absolute atomic E-state index is 12.5. The van der Waals surface area contributed by atoms with Crippen molar-refractivity contribution < 1.29 is 22.7 Å². The molecule has 0 bridgehead atoms. The first kappa shape index (κ1) is 18.1. The number of methoxy groups -OCH3 is 2. The Kier molecular flexibility index (Phi) is 5.36. The fourth-order valence-electron chi connectivity index (χ4n) is 2.04. The summed E-state index contributed by atoms with van der Waals surface area (Å²) in [6.45, 7) is 1.69. The summed E-state index contributed by atoms with van der Waals surface area (Å²) in [4.78, 5) is 11.7. The van der Waals surface area contributed by atoms with Gasteiger partial charge in [0, 0.05) is 0 Å². The summed E-state index contributed by atoms with van der Waals surface area (Å²) in [6, 6.07) is 8.74. The average molecular weight is 370 g/mol. The number of nitrogens with one attached hydrogen (secondary N) is 1. The molecule has 0 aliphatic heterocycles. The highest BCUT2D eigenvalue weighted by Gasteiger charge is 2.19. The normalized spacial score (nSPS) is 11.0. The fourth-order valence-corrected chi connectivity index (χ4v) is 3.38. The first-order chi connectivity index (χ1) is 11.3. The smallest absolute Gasteiger partial charge is 0.338 e. The number of aryl methyl sites for hydroxylation is 1. The quantitative estimate of drug-likeness (QED) is 0.818. The summed E-state index contributed by atoms with van der Waals surface area (Å²) in [5, 5.41) is 0.275. The van der Waals surface area contributed by atoms with E-state index in [-0.39, 0.29) is 21.2 Å². The highest BCUT2D eigenvalue weighted by atomic mass is 35.5. The minimum Gasteiger partial charge on any atom is -0.495 e. The number of benzene rings is 2. The van der Waals surface area contributed by atoms with Crippen LogP contribution >= 0.6 is 11.6 Å². The van der Waals surface area contributed by atoms with Crippen molar-refractivity contribution in [2.24, 2.45) is 0 Å². The van der Waals surface area contributed by atoms with Crippen LogP contribution < -0.4 is 9.46 Å². The second-order valence-corrected chi connectivity index (χ2v) is 7.01. The minimum absolute atomic E-state index is 0.0551. The van der Waals surface area contributed by atoms with Crippen LogP contribution in [0, 0.1) is 6.92 Å². The second kappa shape index (κ2) is 7.11. The molecule has 0 radical (unpaired) electrons. The average Bonchev–Trinajstić information content (AvgIpc) is 2.54. The van der Waals surface area contributed by atoms with Crippen LogP contribution in [0.25, 0.3) is 0 Å². The molecule has 0 aromatic heterocycles. The van der Waals surface area contributed by atoms with E-state index in [0.717, 1.165) is 0 Å². The van der Waals surface area contributed by atoms with Crippen molar-refractivity contribution in [3.63, 3.8) is 0 Å². The summed E-state index contributed by atoms with van der Waals surface area (Å²) in [6.07, 6.45) is 0. The monoisotopic (exact) mass is 369 g/mol. The third-order valence-electron chi connectivity index (χ3n) is 3.33. The highest BCUT2D eigenvalue weighted by molar-refractivity contribution is 7.92. The Bertz CT molecular complexity index is 880. The van der Waals surface area contributed by atoms with E-state index in [4.69, 9.17) is 16.3 Å². The van der Waals surface area contributed by atoms with Gasteiger partial charge in [-0.15, -0.1) is 0 Å². The lowest BCUT2D eigenvalue weighted by Crippen LogP contribution is -2.14. The number of sulfonamides is 1. The lowest BCUT2D eigenvalue weighted by Gasteiger charge is -2.11. The van der Waals surface area contributed by atoms with Gasteiger partial charge in [0.25, 0.3) is 10.0 Å². The number of ether oxygens (including phenoxy) is 2. The standard InChI is InChI=1S/C16H16ClNO5S/c1-10-4-6-12(9-13(10)16(19)23-3)24(20,21)18-11-5-7-15(22-2)14(17)8-11/h4-9,18H,1-3H3. The SMILES string of the molecule is COC(=O)c1cc(S(=O)(=O)Nc2ccc(OC)c(Cl)c2)ccc1C. The lowest BCUT2D eigenvalue weighted by atomic mass is 10.1. The van der Waals surface area contributed by atoms with E-state index in [0.29, 0.717) is 11.3 Å². The largest absolute Gasteiger partial charge is 0.495 e. The minimum atomic E-state index is -3.89. The van der Waals surface area contributed by atoms with Crippen molar-refractivity contribution in [1.29, 1.82) is 0 Å². The molecule has 6 nitrogen and oxygen atoms in total. The zero-order chi connectivity index (χ0) is 17.9. The molecule has 0 amide bonds. The number of hydrogen-bond donors (Lipinski definition) is 1. The maximum atomic E-state index is 12.5. The molecule has 0 aliphatic carbocycles. The number of halogens is 1. The molecule has 2 rings (SSSR count). The van der Waals surface area contributed by atoms with Crippen LogP contribution in [0.15, 0.2) is 41.3 Å². The Labute approximate surface area is 145 Å². The van der Waals surface area contributed by atoms with Crippen LogP contribution in [0.3, 0.4) is 0 Å². The Balaban J connectivity index is 2.37. The summed E-state index contributed by atoms with van der Waals surface area (Å²) in [5.74, 6) is -0.167. The Morgan fingerprint density at radius 3 is 2.42 bits per heavy atom. The molecule has 128 valence electrons. The van der Waals surface area contributed by atoms with Gasteiger partial charge in [-0.3, -0.25) is 4.72 Å². The molecule has 24 heavy (non-hydrogen) atoms. The predicted molar refractivity (Wildman–Crippen MR) is 91.3 cm³/mol. The van der Waals surface area contributed by atoms with Gasteiger partial charge in [0.05, 0.1) is 35.4 Å². The van der Waals surface area contributed by atoms with Crippen molar-refractivity contribution in [2.75, 3.05) is 18.9 Å². The van der Waals surface area contributed by atoms with Crippen LogP contribution in [-0.4, -0.2) is 28.6 Å². The molecule has 2 aromatic carbocycles. The Morgan fingerprint density at radius 1 is 1.12 bits per heavy atom. The third-order valence-corrected chi connectivity index (χ3v) is 5.00. The van der Waals surface area contributed by atoms with E-state index in [1.54, 1.807) is 19.1 Å².